The number of hydrogen-bond donors (Lipinski definition) is 1. The molecular weight excluding hydrogens is 358 g/mol. The lowest BCUT2D eigenvalue weighted by atomic mass is 10.2. The second kappa shape index (κ2) is 6.83. The first-order chi connectivity index (χ1) is 10.0. The van der Waals surface area contributed by atoms with E-state index in [1.165, 1.54) is 7.11 Å². The standard InChI is InChI=1S/C15H13BrClNO3/c1-20-10-4-5-12(16)11(8-10)15(19)18-13-7-9(17)3-6-14(13)21-2/h3-8H,1-2H3,(H,18,19). The summed E-state index contributed by atoms with van der Waals surface area (Å²) in [7, 11) is 3.07. The van der Waals surface area contributed by atoms with Gasteiger partial charge in [-0.3, -0.25) is 4.79 Å². The Kier molecular flexibility index (Phi) is 5.09. The zero-order chi connectivity index (χ0) is 15.4. The highest BCUT2D eigenvalue weighted by atomic mass is 79.9. The van der Waals surface area contributed by atoms with Gasteiger partial charge in [-0.15, -0.1) is 0 Å². The van der Waals surface area contributed by atoms with Crippen LogP contribution in [0.1, 0.15) is 10.4 Å². The van der Waals surface area contributed by atoms with Crippen molar-refractivity contribution < 1.29 is 14.3 Å². The van der Waals surface area contributed by atoms with Gasteiger partial charge >= 0.3 is 0 Å². The summed E-state index contributed by atoms with van der Waals surface area (Å²) < 4.78 is 11.0. The van der Waals surface area contributed by atoms with Crippen LogP contribution < -0.4 is 14.8 Å². The van der Waals surface area contributed by atoms with Crippen LogP contribution >= 0.6 is 27.5 Å². The first-order valence-electron chi connectivity index (χ1n) is 6.03. The van der Waals surface area contributed by atoms with E-state index in [1.54, 1.807) is 43.5 Å². The van der Waals surface area contributed by atoms with Crippen molar-refractivity contribution in [2.24, 2.45) is 0 Å². The summed E-state index contributed by atoms with van der Waals surface area (Å²) in [6, 6.07) is 10.2. The molecule has 2 rings (SSSR count). The second-order valence-electron chi connectivity index (χ2n) is 4.14. The molecule has 0 aliphatic rings. The predicted octanol–water partition coefficient (Wildman–Crippen LogP) is 4.37. The van der Waals surface area contributed by atoms with Gasteiger partial charge < -0.3 is 14.8 Å². The molecule has 2 aromatic rings. The SMILES string of the molecule is COc1ccc(Br)c(C(=O)Nc2cc(Cl)ccc2OC)c1. The van der Waals surface area contributed by atoms with E-state index in [2.05, 4.69) is 21.2 Å². The minimum Gasteiger partial charge on any atom is -0.497 e. The summed E-state index contributed by atoms with van der Waals surface area (Å²) in [6.07, 6.45) is 0. The fourth-order valence-corrected chi connectivity index (χ4v) is 2.37. The maximum absolute atomic E-state index is 12.4. The number of nitrogens with one attached hydrogen (secondary N) is 1. The van der Waals surface area contributed by atoms with Gasteiger partial charge in [0.1, 0.15) is 11.5 Å². The fourth-order valence-electron chi connectivity index (χ4n) is 1.77. The number of anilines is 1. The van der Waals surface area contributed by atoms with Crippen molar-refractivity contribution in [2.75, 3.05) is 19.5 Å². The Morgan fingerprint density at radius 3 is 2.57 bits per heavy atom. The van der Waals surface area contributed by atoms with E-state index in [1.807, 2.05) is 0 Å². The Balaban J connectivity index is 2.32. The maximum atomic E-state index is 12.4. The van der Waals surface area contributed by atoms with Crippen molar-refractivity contribution in [2.45, 2.75) is 0 Å². The summed E-state index contributed by atoms with van der Waals surface area (Å²) in [5.41, 5.74) is 0.959. The van der Waals surface area contributed by atoms with Crippen LogP contribution in [0.3, 0.4) is 0 Å². The summed E-state index contributed by atoms with van der Waals surface area (Å²) in [6.45, 7) is 0. The third-order valence-corrected chi connectivity index (χ3v) is 3.75. The van der Waals surface area contributed by atoms with E-state index in [9.17, 15) is 4.79 Å². The van der Waals surface area contributed by atoms with Crippen LogP contribution in [-0.4, -0.2) is 20.1 Å². The van der Waals surface area contributed by atoms with Crippen molar-refractivity contribution in [1.29, 1.82) is 0 Å². The number of carbonyl (C=O) groups is 1. The molecule has 0 atom stereocenters. The van der Waals surface area contributed by atoms with Crippen molar-refractivity contribution in [3.8, 4) is 11.5 Å². The van der Waals surface area contributed by atoms with Gasteiger partial charge in [0.15, 0.2) is 0 Å². The van der Waals surface area contributed by atoms with E-state index in [0.717, 1.165) is 0 Å². The molecule has 6 heteroatoms. The van der Waals surface area contributed by atoms with Crippen LogP contribution in [0.25, 0.3) is 0 Å². The smallest absolute Gasteiger partial charge is 0.257 e. The molecule has 0 bridgehead atoms. The molecule has 0 spiro atoms. The molecule has 0 radical (unpaired) electrons. The third-order valence-electron chi connectivity index (χ3n) is 2.83. The summed E-state index contributed by atoms with van der Waals surface area (Å²) in [5, 5.41) is 3.29. The van der Waals surface area contributed by atoms with Crippen molar-refractivity contribution >= 4 is 39.1 Å². The highest BCUT2D eigenvalue weighted by Crippen LogP contribution is 2.29. The van der Waals surface area contributed by atoms with E-state index in [4.69, 9.17) is 21.1 Å². The number of benzene rings is 2. The van der Waals surface area contributed by atoms with Gasteiger partial charge in [0.2, 0.25) is 0 Å². The minimum absolute atomic E-state index is 0.290. The third kappa shape index (κ3) is 3.68. The van der Waals surface area contributed by atoms with E-state index in [0.29, 0.717) is 32.2 Å². The number of rotatable bonds is 4. The number of carbonyl (C=O) groups excluding carboxylic acids is 1. The molecule has 0 aliphatic carbocycles. The minimum atomic E-state index is -0.290. The van der Waals surface area contributed by atoms with E-state index < -0.39 is 0 Å². The average molecular weight is 371 g/mol. The van der Waals surface area contributed by atoms with Gasteiger partial charge in [-0.2, -0.15) is 0 Å². The lowest BCUT2D eigenvalue weighted by Gasteiger charge is -2.12. The van der Waals surface area contributed by atoms with Gasteiger partial charge in [-0.1, -0.05) is 11.6 Å². The number of halogens is 2. The molecule has 0 saturated carbocycles. The molecular formula is C15H13BrClNO3. The Labute approximate surface area is 136 Å². The molecule has 0 aromatic heterocycles. The van der Waals surface area contributed by atoms with Crippen LogP contribution in [0.4, 0.5) is 5.69 Å². The van der Waals surface area contributed by atoms with Crippen LogP contribution in [0, 0.1) is 0 Å². The molecule has 0 heterocycles. The topological polar surface area (TPSA) is 47.6 Å². The van der Waals surface area contributed by atoms with Crippen LogP contribution in [-0.2, 0) is 0 Å². The Hall–Kier alpha value is -1.72. The molecule has 0 saturated heterocycles. The van der Waals surface area contributed by atoms with Crippen LogP contribution in [0.2, 0.25) is 5.02 Å². The molecule has 0 fully saturated rings. The molecule has 1 N–H and O–H groups in total. The van der Waals surface area contributed by atoms with Gasteiger partial charge in [0.05, 0.1) is 25.5 Å². The lowest BCUT2D eigenvalue weighted by Crippen LogP contribution is -2.13. The number of hydrogen-bond acceptors (Lipinski definition) is 3. The van der Waals surface area contributed by atoms with E-state index in [-0.39, 0.29) is 5.91 Å². The van der Waals surface area contributed by atoms with Crippen molar-refractivity contribution in [1.82, 2.24) is 0 Å². The van der Waals surface area contributed by atoms with Gasteiger partial charge in [0, 0.05) is 9.50 Å². The Morgan fingerprint density at radius 2 is 1.90 bits per heavy atom. The molecule has 0 unspecified atom stereocenters. The maximum Gasteiger partial charge on any atom is 0.257 e. The predicted molar refractivity (Wildman–Crippen MR) is 86.7 cm³/mol. The first kappa shape index (κ1) is 15.7. The molecule has 0 aliphatic heterocycles. The van der Waals surface area contributed by atoms with Gasteiger partial charge in [0.25, 0.3) is 5.91 Å². The summed E-state index contributed by atoms with van der Waals surface area (Å²) in [5.74, 6) is 0.842. The van der Waals surface area contributed by atoms with Gasteiger partial charge in [-0.05, 0) is 52.3 Å². The van der Waals surface area contributed by atoms with Crippen molar-refractivity contribution in [3.05, 3.63) is 51.5 Å². The lowest BCUT2D eigenvalue weighted by molar-refractivity contribution is 0.102. The highest BCUT2D eigenvalue weighted by Gasteiger charge is 2.14. The van der Waals surface area contributed by atoms with Gasteiger partial charge in [-0.25, -0.2) is 0 Å². The highest BCUT2D eigenvalue weighted by molar-refractivity contribution is 9.10. The van der Waals surface area contributed by atoms with E-state index >= 15 is 0 Å². The summed E-state index contributed by atoms with van der Waals surface area (Å²) >= 11 is 9.30. The quantitative estimate of drug-likeness (QED) is 0.869. The normalized spacial score (nSPS) is 10.1. The largest absolute Gasteiger partial charge is 0.497 e. The zero-order valence-electron chi connectivity index (χ0n) is 11.4. The second-order valence-corrected chi connectivity index (χ2v) is 5.44. The van der Waals surface area contributed by atoms with Crippen molar-refractivity contribution in [3.63, 3.8) is 0 Å². The summed E-state index contributed by atoms with van der Waals surface area (Å²) in [4.78, 5) is 12.4. The van der Waals surface area contributed by atoms with Crippen LogP contribution in [0.5, 0.6) is 11.5 Å². The number of amides is 1. The average Bonchev–Trinajstić information content (AvgIpc) is 2.48. The monoisotopic (exact) mass is 369 g/mol. The number of methoxy groups -OCH3 is 2. The zero-order valence-corrected chi connectivity index (χ0v) is 13.8. The molecule has 110 valence electrons. The first-order valence-corrected chi connectivity index (χ1v) is 7.20. The Bertz CT molecular complexity index is 676. The Morgan fingerprint density at radius 1 is 1.14 bits per heavy atom. The fraction of sp³-hybridized carbons (Fsp3) is 0.133. The molecule has 2 aromatic carbocycles. The molecule has 21 heavy (non-hydrogen) atoms. The number of ether oxygens (including phenoxy) is 2. The molecule has 1 amide bonds. The van der Waals surface area contributed by atoms with Crippen LogP contribution in [0.15, 0.2) is 40.9 Å². The molecule has 4 nitrogen and oxygen atoms in total.